The van der Waals surface area contributed by atoms with Gasteiger partial charge in [0, 0.05) is 29.6 Å². The predicted molar refractivity (Wildman–Crippen MR) is 116 cm³/mol. The average Bonchev–Trinajstić information content (AvgIpc) is 2.82. The summed E-state index contributed by atoms with van der Waals surface area (Å²) in [6, 6.07) is 15.6. The van der Waals surface area contributed by atoms with Crippen LogP contribution in [0.5, 0.6) is 5.75 Å². The zero-order chi connectivity index (χ0) is 22.2. The average molecular weight is 431 g/mol. The van der Waals surface area contributed by atoms with Crippen LogP contribution in [0.2, 0.25) is 0 Å². The SMILES string of the molecule is COc1cccc2c1CCN(C(=O)c1nc(-c3ccc(F)cc3)nc3ccc(F)cc13)C2. The van der Waals surface area contributed by atoms with Crippen LogP contribution in [-0.2, 0) is 13.0 Å². The second kappa shape index (κ2) is 8.00. The summed E-state index contributed by atoms with van der Waals surface area (Å²) in [7, 11) is 1.63. The number of carbonyl (C=O) groups excluding carboxylic acids is 1. The molecule has 2 heterocycles. The Bertz CT molecular complexity index is 1340. The maximum atomic E-state index is 14.0. The summed E-state index contributed by atoms with van der Waals surface area (Å²) in [6.45, 7) is 0.886. The van der Waals surface area contributed by atoms with Crippen molar-refractivity contribution in [3.63, 3.8) is 0 Å². The molecular formula is C25H19F2N3O2. The molecule has 0 bridgehead atoms. The van der Waals surface area contributed by atoms with Crippen molar-refractivity contribution in [3.05, 3.63) is 89.1 Å². The van der Waals surface area contributed by atoms with Crippen molar-refractivity contribution in [2.45, 2.75) is 13.0 Å². The highest BCUT2D eigenvalue weighted by molar-refractivity contribution is 6.05. The molecule has 1 aromatic heterocycles. The van der Waals surface area contributed by atoms with E-state index >= 15 is 0 Å². The molecule has 32 heavy (non-hydrogen) atoms. The maximum absolute atomic E-state index is 14.0. The van der Waals surface area contributed by atoms with Crippen molar-refractivity contribution >= 4 is 16.8 Å². The van der Waals surface area contributed by atoms with Gasteiger partial charge in [-0.1, -0.05) is 12.1 Å². The van der Waals surface area contributed by atoms with Crippen LogP contribution >= 0.6 is 0 Å². The van der Waals surface area contributed by atoms with E-state index in [-0.39, 0.29) is 23.2 Å². The second-order valence-electron chi connectivity index (χ2n) is 7.64. The number of methoxy groups -OCH3 is 1. The Labute approximate surface area is 183 Å². The van der Waals surface area contributed by atoms with Crippen LogP contribution in [-0.4, -0.2) is 34.4 Å². The van der Waals surface area contributed by atoms with Gasteiger partial charge in [-0.2, -0.15) is 0 Å². The number of rotatable bonds is 3. The van der Waals surface area contributed by atoms with E-state index in [0.717, 1.165) is 16.9 Å². The summed E-state index contributed by atoms with van der Waals surface area (Å²) in [5.74, 6) is -0.0668. The number of carbonyl (C=O) groups is 1. The van der Waals surface area contributed by atoms with E-state index < -0.39 is 5.82 Å². The van der Waals surface area contributed by atoms with Crippen molar-refractivity contribution in [3.8, 4) is 17.1 Å². The first-order valence-electron chi connectivity index (χ1n) is 10.2. The molecule has 3 aromatic carbocycles. The molecule has 0 saturated carbocycles. The summed E-state index contributed by atoms with van der Waals surface area (Å²) in [6.07, 6.45) is 0.646. The van der Waals surface area contributed by atoms with Gasteiger partial charge >= 0.3 is 0 Å². The third-order valence-electron chi connectivity index (χ3n) is 5.69. The molecule has 0 spiro atoms. The van der Waals surface area contributed by atoms with Crippen LogP contribution in [0.3, 0.4) is 0 Å². The van der Waals surface area contributed by atoms with E-state index in [4.69, 9.17) is 4.74 Å². The van der Waals surface area contributed by atoms with E-state index in [1.54, 1.807) is 24.1 Å². The number of nitrogens with zero attached hydrogens (tertiary/aromatic N) is 3. The van der Waals surface area contributed by atoms with Crippen LogP contribution in [0, 0.1) is 11.6 Å². The largest absolute Gasteiger partial charge is 0.496 e. The van der Waals surface area contributed by atoms with Gasteiger partial charge < -0.3 is 9.64 Å². The van der Waals surface area contributed by atoms with Crippen molar-refractivity contribution in [1.82, 2.24) is 14.9 Å². The van der Waals surface area contributed by atoms with Crippen molar-refractivity contribution in [1.29, 1.82) is 0 Å². The lowest BCUT2D eigenvalue weighted by Gasteiger charge is -2.30. The molecule has 5 nitrogen and oxygen atoms in total. The Kier molecular flexibility index (Phi) is 5.01. The summed E-state index contributed by atoms with van der Waals surface area (Å²) in [5.41, 5.74) is 3.24. The molecule has 1 amide bonds. The van der Waals surface area contributed by atoms with E-state index in [0.29, 0.717) is 36.0 Å². The highest BCUT2D eigenvalue weighted by Crippen LogP contribution is 2.30. The van der Waals surface area contributed by atoms with E-state index in [1.165, 1.54) is 30.3 Å². The van der Waals surface area contributed by atoms with E-state index in [9.17, 15) is 13.6 Å². The van der Waals surface area contributed by atoms with Crippen LogP contribution in [0.1, 0.15) is 21.6 Å². The summed E-state index contributed by atoms with van der Waals surface area (Å²) < 4.78 is 32.9. The second-order valence-corrected chi connectivity index (χ2v) is 7.64. The molecule has 160 valence electrons. The Hall–Kier alpha value is -3.87. The fraction of sp³-hybridized carbons (Fsp3) is 0.160. The molecule has 0 unspecified atom stereocenters. The standard InChI is InChI=1S/C25H19F2N3O2/c1-32-22-4-2-3-16-14-30(12-11-19(16)22)25(31)23-20-13-18(27)9-10-21(20)28-24(29-23)15-5-7-17(26)8-6-15/h2-10,13H,11-12,14H2,1H3. The van der Waals surface area contributed by atoms with Gasteiger partial charge in [-0.05, 0) is 60.5 Å². The van der Waals surface area contributed by atoms with Gasteiger partial charge in [0.1, 0.15) is 23.1 Å². The van der Waals surface area contributed by atoms with E-state index in [2.05, 4.69) is 9.97 Å². The molecule has 0 fully saturated rings. The lowest BCUT2D eigenvalue weighted by Crippen LogP contribution is -2.36. The smallest absolute Gasteiger partial charge is 0.273 e. The summed E-state index contributed by atoms with van der Waals surface area (Å²) >= 11 is 0. The number of amides is 1. The van der Waals surface area contributed by atoms with Crippen molar-refractivity contribution in [2.75, 3.05) is 13.7 Å². The third kappa shape index (κ3) is 3.56. The molecule has 4 aromatic rings. The number of benzene rings is 3. The third-order valence-corrected chi connectivity index (χ3v) is 5.69. The highest BCUT2D eigenvalue weighted by Gasteiger charge is 2.27. The molecule has 0 atom stereocenters. The van der Waals surface area contributed by atoms with Crippen LogP contribution in [0.15, 0.2) is 60.7 Å². The van der Waals surface area contributed by atoms with Gasteiger partial charge in [0.15, 0.2) is 5.82 Å². The Morgan fingerprint density at radius 1 is 1.00 bits per heavy atom. The first-order valence-corrected chi connectivity index (χ1v) is 10.2. The predicted octanol–water partition coefficient (Wildman–Crippen LogP) is 4.78. The molecule has 5 rings (SSSR count). The maximum Gasteiger partial charge on any atom is 0.273 e. The molecule has 0 saturated heterocycles. The monoisotopic (exact) mass is 431 g/mol. The van der Waals surface area contributed by atoms with Gasteiger partial charge in [0.05, 0.1) is 12.6 Å². The van der Waals surface area contributed by atoms with Crippen LogP contribution in [0.25, 0.3) is 22.3 Å². The highest BCUT2D eigenvalue weighted by atomic mass is 19.1. The molecule has 0 N–H and O–H groups in total. The minimum absolute atomic E-state index is 0.125. The minimum Gasteiger partial charge on any atom is -0.496 e. The number of halogens is 2. The lowest BCUT2D eigenvalue weighted by atomic mass is 9.98. The quantitative estimate of drug-likeness (QED) is 0.468. The topological polar surface area (TPSA) is 55.3 Å². The fourth-order valence-electron chi connectivity index (χ4n) is 4.08. The number of hydrogen-bond donors (Lipinski definition) is 0. The lowest BCUT2D eigenvalue weighted by molar-refractivity contribution is 0.0730. The number of fused-ring (bicyclic) bond motifs is 2. The Morgan fingerprint density at radius 2 is 1.78 bits per heavy atom. The first-order chi connectivity index (χ1) is 15.5. The van der Waals surface area contributed by atoms with Crippen LogP contribution in [0.4, 0.5) is 8.78 Å². The number of aromatic nitrogens is 2. The molecule has 1 aliphatic heterocycles. The van der Waals surface area contributed by atoms with Gasteiger partial charge in [-0.3, -0.25) is 4.79 Å². The number of ether oxygens (including phenoxy) is 1. The zero-order valence-corrected chi connectivity index (χ0v) is 17.3. The summed E-state index contributed by atoms with van der Waals surface area (Å²) in [5, 5.41) is 0.345. The zero-order valence-electron chi connectivity index (χ0n) is 17.3. The molecule has 0 aliphatic carbocycles. The number of hydrogen-bond acceptors (Lipinski definition) is 4. The molecule has 7 heteroatoms. The van der Waals surface area contributed by atoms with Gasteiger partial charge in [0.25, 0.3) is 5.91 Å². The van der Waals surface area contributed by atoms with Gasteiger partial charge in [0.2, 0.25) is 0 Å². The van der Waals surface area contributed by atoms with E-state index in [1.807, 2.05) is 18.2 Å². The minimum atomic E-state index is -0.474. The van der Waals surface area contributed by atoms with Gasteiger partial charge in [-0.25, -0.2) is 18.7 Å². The molecular weight excluding hydrogens is 412 g/mol. The van der Waals surface area contributed by atoms with Gasteiger partial charge in [-0.15, -0.1) is 0 Å². The van der Waals surface area contributed by atoms with Crippen molar-refractivity contribution in [2.24, 2.45) is 0 Å². The Balaban J connectivity index is 1.58. The molecule has 1 aliphatic rings. The van der Waals surface area contributed by atoms with Crippen LogP contribution < -0.4 is 4.74 Å². The molecule has 0 radical (unpaired) electrons. The Morgan fingerprint density at radius 3 is 2.56 bits per heavy atom. The normalized spacial score (nSPS) is 13.2. The first kappa shape index (κ1) is 20.1. The van der Waals surface area contributed by atoms with Crippen molar-refractivity contribution < 1.29 is 18.3 Å². The summed E-state index contributed by atoms with van der Waals surface area (Å²) in [4.78, 5) is 24.2. The fourth-order valence-corrected chi connectivity index (χ4v) is 4.08.